The van der Waals surface area contributed by atoms with Gasteiger partial charge in [0.25, 0.3) is 0 Å². The largest absolute Gasteiger partial charge is 0.276 e. The number of hydrogen-bond acceptors (Lipinski definition) is 13. The summed E-state index contributed by atoms with van der Waals surface area (Å²) in [7, 11) is 0. The average molecular weight is 1730 g/mol. The van der Waals surface area contributed by atoms with Crippen molar-refractivity contribution in [2.45, 2.75) is 19.3 Å². The van der Waals surface area contributed by atoms with Gasteiger partial charge in [0.2, 0.25) is 17.8 Å². The molecule has 0 saturated carbocycles. The normalized spacial score (nSPS) is 12.6. The summed E-state index contributed by atoms with van der Waals surface area (Å²) in [6.07, 6.45) is 5.67. The van der Waals surface area contributed by atoms with E-state index in [9.17, 15) is 0 Å². The van der Waals surface area contributed by atoms with Crippen molar-refractivity contribution in [1.29, 1.82) is 0 Å². The molecular formula is C115H69N13S3. The van der Waals surface area contributed by atoms with Crippen molar-refractivity contribution in [3.63, 3.8) is 0 Å². The summed E-state index contributed by atoms with van der Waals surface area (Å²) in [6.45, 7) is 4.66. The van der Waals surface area contributed by atoms with Crippen LogP contribution in [0.25, 0.3) is 255 Å². The summed E-state index contributed by atoms with van der Waals surface area (Å²) in [5.74, 6) is 3.22. The molecule has 0 N–H and O–H groups in total. The first-order chi connectivity index (χ1) is 64.8. The monoisotopic (exact) mass is 1730 g/mol. The van der Waals surface area contributed by atoms with Crippen LogP contribution in [0.4, 0.5) is 0 Å². The lowest BCUT2D eigenvalue weighted by atomic mass is 9.82. The van der Waals surface area contributed by atoms with Gasteiger partial charge < -0.3 is 0 Å². The number of benzene rings is 16. The Morgan fingerprint density at radius 1 is 0.237 bits per heavy atom. The third kappa shape index (κ3) is 11.3. The number of pyridine rings is 3. The maximum Gasteiger partial charge on any atom is 0.238 e. The van der Waals surface area contributed by atoms with E-state index in [2.05, 4.69) is 301 Å². The molecule has 0 spiro atoms. The molecule has 0 atom stereocenters. The molecule has 12 heterocycles. The lowest BCUT2D eigenvalue weighted by Crippen LogP contribution is -2.14. The fourth-order valence-electron chi connectivity index (χ4n) is 20.8. The molecule has 1 aliphatic carbocycles. The zero-order valence-electron chi connectivity index (χ0n) is 70.4. The zero-order chi connectivity index (χ0) is 86.3. The predicted octanol–water partition coefficient (Wildman–Crippen LogP) is 30.1. The molecule has 0 bridgehead atoms. The smallest absolute Gasteiger partial charge is 0.238 e. The van der Waals surface area contributed by atoms with Gasteiger partial charge in [0.1, 0.15) is 0 Å². The van der Waals surface area contributed by atoms with E-state index in [1.165, 1.54) is 127 Å². The molecule has 0 saturated heterocycles. The van der Waals surface area contributed by atoms with E-state index in [1.54, 1.807) is 34.0 Å². The highest BCUT2D eigenvalue weighted by Gasteiger charge is 2.38. The van der Waals surface area contributed by atoms with Gasteiger partial charge in [0.15, 0.2) is 11.6 Å². The highest BCUT2D eigenvalue weighted by Crippen LogP contribution is 2.55. The predicted molar refractivity (Wildman–Crippen MR) is 546 cm³/mol. The van der Waals surface area contributed by atoms with Crippen molar-refractivity contribution in [3.8, 4) is 74.3 Å². The van der Waals surface area contributed by atoms with Gasteiger partial charge in [0, 0.05) is 106 Å². The van der Waals surface area contributed by atoms with E-state index in [0.717, 1.165) is 110 Å². The van der Waals surface area contributed by atoms with E-state index < -0.39 is 0 Å². The third-order valence-electron chi connectivity index (χ3n) is 26.4. The third-order valence-corrected chi connectivity index (χ3v) is 29.8. The molecule has 1 aliphatic rings. The molecule has 29 rings (SSSR count). The van der Waals surface area contributed by atoms with Gasteiger partial charge in [-0.25, -0.2) is 24.9 Å². The van der Waals surface area contributed by atoms with Crippen LogP contribution in [0, 0.1) is 0 Å². The Morgan fingerprint density at radius 3 is 0.985 bits per heavy atom. The quantitative estimate of drug-likeness (QED) is 0.151. The Kier molecular flexibility index (Phi) is 16.7. The van der Waals surface area contributed by atoms with Crippen molar-refractivity contribution in [3.05, 3.63) is 394 Å². The molecule has 0 unspecified atom stereocenters. The minimum Gasteiger partial charge on any atom is -0.276 e. The van der Waals surface area contributed by atoms with Crippen LogP contribution in [-0.2, 0) is 5.41 Å². The summed E-state index contributed by atoms with van der Waals surface area (Å²) >= 11 is 5.38. The van der Waals surface area contributed by atoms with Crippen LogP contribution < -0.4 is 0 Å². The van der Waals surface area contributed by atoms with E-state index >= 15 is 0 Å². The van der Waals surface area contributed by atoms with Gasteiger partial charge in [-0.05, 0) is 121 Å². The van der Waals surface area contributed by atoms with Gasteiger partial charge >= 0.3 is 0 Å². The summed E-state index contributed by atoms with van der Waals surface area (Å²) < 4.78 is 13.9. The molecule has 0 radical (unpaired) electrons. The fourth-order valence-corrected chi connectivity index (χ4v) is 24.5. The average Bonchev–Trinajstić information content (AvgIpc) is 1.54. The molecule has 12 aromatic heterocycles. The Balaban J connectivity index is 0.000000101. The van der Waals surface area contributed by atoms with Gasteiger partial charge in [-0.1, -0.05) is 311 Å². The van der Waals surface area contributed by atoms with E-state index in [-0.39, 0.29) is 5.41 Å². The second-order valence-corrected chi connectivity index (χ2v) is 37.0. The first kappa shape index (κ1) is 74.7. The summed E-state index contributed by atoms with van der Waals surface area (Å²) in [4.78, 5) is 51.3. The number of nitrogens with zero attached hydrogens (tertiary/aromatic N) is 13. The van der Waals surface area contributed by atoms with Crippen molar-refractivity contribution >= 4 is 214 Å². The second kappa shape index (κ2) is 29.3. The number of para-hydroxylation sites is 5. The lowest BCUT2D eigenvalue weighted by Gasteiger charge is -2.21. The molecule has 16 heteroatoms. The minimum absolute atomic E-state index is 0.109. The number of hydrogen-bond donors (Lipinski definition) is 0. The van der Waals surface area contributed by atoms with Crippen molar-refractivity contribution in [2.75, 3.05) is 0 Å². The number of thiophene rings is 3. The maximum atomic E-state index is 5.59. The van der Waals surface area contributed by atoms with Crippen molar-refractivity contribution in [1.82, 2.24) is 63.5 Å². The molecule has 131 heavy (non-hydrogen) atoms. The van der Waals surface area contributed by atoms with Crippen molar-refractivity contribution in [2.24, 2.45) is 0 Å². The maximum absolute atomic E-state index is 5.59. The van der Waals surface area contributed by atoms with Crippen LogP contribution in [0.5, 0.6) is 0 Å². The Hall–Kier alpha value is -16.5. The molecule has 0 fully saturated rings. The number of aromatic nitrogens is 13. The van der Waals surface area contributed by atoms with Crippen LogP contribution in [0.2, 0.25) is 0 Å². The van der Waals surface area contributed by atoms with Gasteiger partial charge in [-0.3, -0.25) is 28.7 Å². The molecule has 16 aromatic carbocycles. The first-order valence-corrected chi connectivity index (χ1v) is 46.3. The Bertz CT molecular complexity index is 9630. The van der Waals surface area contributed by atoms with Gasteiger partial charge in [-0.2, -0.15) is 9.97 Å². The van der Waals surface area contributed by atoms with Gasteiger partial charge in [-0.15, -0.1) is 34.0 Å². The van der Waals surface area contributed by atoms with Gasteiger partial charge in [0.05, 0.1) is 100 Å². The lowest BCUT2D eigenvalue weighted by molar-refractivity contribution is 0.660. The highest BCUT2D eigenvalue weighted by molar-refractivity contribution is 7.27. The second-order valence-electron chi connectivity index (χ2n) is 33.9. The van der Waals surface area contributed by atoms with Crippen LogP contribution in [0.3, 0.4) is 0 Å². The minimum atomic E-state index is -0.109. The van der Waals surface area contributed by atoms with E-state index in [4.69, 9.17) is 49.8 Å². The molecule has 0 amide bonds. The first-order valence-electron chi connectivity index (χ1n) is 43.9. The van der Waals surface area contributed by atoms with Crippen molar-refractivity contribution < 1.29 is 0 Å². The van der Waals surface area contributed by atoms with Crippen LogP contribution in [0.15, 0.2) is 383 Å². The van der Waals surface area contributed by atoms with Crippen LogP contribution in [-0.4, -0.2) is 63.5 Å². The molecular weight excluding hydrogens is 1660 g/mol. The van der Waals surface area contributed by atoms with Crippen LogP contribution in [0.1, 0.15) is 25.0 Å². The SMILES string of the molecule is CC1(C)c2ccccc2-c2c(-c3nc(-n4c5ccccc5c5c6ccccc6c6c7ncccc7sc6c54)nc4ccccc34)cccc21.c1ccc(-c2nc(-c3ccccc3)nc(-n3c4ccccc4c4c5ccccc5c5c6ncccc6sc5c43)n2)cc1.c1ccc(-c2nc(-n3c4ccccc4c4c5ccccc5c5c6ncccc6sc5c43)nc3ccccc23)cc1. The molecule has 612 valence electrons. The Labute approximate surface area is 759 Å². The summed E-state index contributed by atoms with van der Waals surface area (Å²) in [5.41, 5.74) is 22.7. The summed E-state index contributed by atoms with van der Waals surface area (Å²) in [5, 5.41) is 20.1. The fraction of sp³-hybridized carbons (Fsp3) is 0.0261. The van der Waals surface area contributed by atoms with E-state index in [1.807, 2.05) is 110 Å². The molecule has 13 nitrogen and oxygen atoms in total. The highest BCUT2D eigenvalue weighted by atomic mass is 32.1. The molecule has 0 aliphatic heterocycles. The number of rotatable bonds is 7. The molecule has 28 aromatic rings. The zero-order valence-corrected chi connectivity index (χ0v) is 72.9. The number of fused-ring (bicyclic) bond motifs is 35. The summed E-state index contributed by atoms with van der Waals surface area (Å²) in [6, 6.07) is 128. The Morgan fingerprint density at radius 2 is 0.557 bits per heavy atom. The standard InChI is InChI=1S/C44H28N4S.C36H21N5S.C35H20N4S/c1-44(2)31-19-8-5-15-27(31)36-30(18-11-20-32(36)44)39-28-16-6-9-21-33(28)46-43(47-39)48-34-22-10-7-17-29(34)37-25-13-3-4-14-26(25)38-40-35(23-12-24-45-40)49-42(38)41(37)48;1-3-12-22(13-4-1)34-38-35(23-14-5-2-6-15-23)40-36(39-34)41-27-19-10-9-18-26(27)29-24-16-7-8-17-25(24)30-31-28(20-11-21-37-31)42-33(30)32(29)41;1-2-11-21(12-3-1)31-24-15-6-8-17-26(24)37-35(38-31)39-27-18-9-7-16-25(27)29-22-13-4-5-14-23(22)30-32-28(19-10-20-36-32)40-34(30)33(29)39/h3-24H,1-2H3;1-21H;1-20H. The van der Waals surface area contributed by atoms with Crippen LogP contribution >= 0.6 is 34.0 Å². The topological polar surface area (TPSA) is 144 Å². The van der Waals surface area contributed by atoms with E-state index in [0.29, 0.717) is 29.5 Å².